The van der Waals surface area contributed by atoms with Crippen molar-refractivity contribution in [1.29, 1.82) is 5.26 Å². The van der Waals surface area contributed by atoms with E-state index in [-0.39, 0.29) is 6.61 Å². The maximum absolute atomic E-state index is 12.1. The van der Waals surface area contributed by atoms with E-state index in [0.29, 0.717) is 16.9 Å². The molecule has 0 aromatic carbocycles. The van der Waals surface area contributed by atoms with Gasteiger partial charge >= 0.3 is 5.97 Å². The number of carbonyl (C=O) groups is 1. The number of aliphatic imine (C=N–C) groups is 1. The summed E-state index contributed by atoms with van der Waals surface area (Å²) in [5, 5.41) is 9.36. The molecule has 0 saturated carbocycles. The van der Waals surface area contributed by atoms with Crippen LogP contribution in [0.1, 0.15) is 35.0 Å². The van der Waals surface area contributed by atoms with Gasteiger partial charge in [-0.15, -0.1) is 0 Å². The highest BCUT2D eigenvalue weighted by Crippen LogP contribution is 2.34. The van der Waals surface area contributed by atoms with Crippen molar-refractivity contribution in [3.8, 4) is 6.07 Å². The van der Waals surface area contributed by atoms with Crippen molar-refractivity contribution in [3.63, 3.8) is 0 Å². The number of ether oxygens (including phenoxy) is 1. The average Bonchev–Trinajstić information content (AvgIpc) is 2.95. The van der Waals surface area contributed by atoms with Gasteiger partial charge in [0.15, 0.2) is 5.82 Å². The Hall–Kier alpha value is -2.29. The Morgan fingerprint density at radius 3 is 2.95 bits per heavy atom. The minimum atomic E-state index is -0.475. The number of esters is 1. The van der Waals surface area contributed by atoms with E-state index < -0.39 is 5.97 Å². The molecule has 0 amide bonds. The fraction of sp³-hybridized carbons (Fsp3) is 0.500. The lowest BCUT2D eigenvalue weighted by molar-refractivity contribution is 0.0527. The molecule has 20 heavy (non-hydrogen) atoms. The monoisotopic (exact) mass is 274 g/mol. The molecule has 0 aliphatic carbocycles. The molecule has 2 heterocycles. The highest BCUT2D eigenvalue weighted by molar-refractivity contribution is 5.98. The molecule has 0 bridgehead atoms. The molecule has 1 aliphatic rings. The summed E-state index contributed by atoms with van der Waals surface area (Å²) in [6.07, 6.45) is 3.40. The molecule has 6 heteroatoms. The first-order valence-electron chi connectivity index (χ1n) is 6.63. The summed E-state index contributed by atoms with van der Waals surface area (Å²) >= 11 is 0. The average molecular weight is 274 g/mol. The molecule has 6 nitrogen and oxygen atoms in total. The zero-order valence-corrected chi connectivity index (χ0v) is 12.0. The minimum absolute atomic E-state index is 0.279. The van der Waals surface area contributed by atoms with Crippen LogP contribution >= 0.6 is 0 Å². The molecule has 0 saturated heterocycles. The largest absolute Gasteiger partial charge is 0.462 e. The predicted octanol–water partition coefficient (Wildman–Crippen LogP) is 1.70. The molecular weight excluding hydrogens is 256 g/mol. The van der Waals surface area contributed by atoms with Crippen molar-refractivity contribution in [2.24, 2.45) is 4.99 Å². The van der Waals surface area contributed by atoms with Crippen LogP contribution in [0.15, 0.2) is 4.99 Å². The molecule has 2 rings (SSSR count). The summed E-state index contributed by atoms with van der Waals surface area (Å²) in [6.45, 7) is 2.81. The van der Waals surface area contributed by atoms with Gasteiger partial charge in [0.25, 0.3) is 0 Å². The van der Waals surface area contributed by atoms with Crippen LogP contribution < -0.4 is 0 Å². The van der Waals surface area contributed by atoms with Gasteiger partial charge in [-0.1, -0.05) is 0 Å². The Bertz CT molecular complexity index is 593. The third-order valence-corrected chi connectivity index (χ3v) is 3.14. The van der Waals surface area contributed by atoms with Crippen molar-refractivity contribution in [1.82, 2.24) is 9.47 Å². The number of aromatic nitrogens is 1. The summed E-state index contributed by atoms with van der Waals surface area (Å²) in [5.74, 6) is 0.0538. The van der Waals surface area contributed by atoms with Crippen molar-refractivity contribution < 1.29 is 9.53 Å². The standard InChI is InChI=1S/C14H18N4O2/c1-4-20-14(19)12-10(8-15)11-6-5-7-18(11)13(12)16-9-17(2)3/h9H,4-7H2,1-3H3. The fourth-order valence-corrected chi connectivity index (χ4v) is 2.38. The van der Waals surface area contributed by atoms with Gasteiger partial charge in [0.1, 0.15) is 11.6 Å². The van der Waals surface area contributed by atoms with E-state index in [1.54, 1.807) is 18.2 Å². The first-order chi connectivity index (χ1) is 9.60. The van der Waals surface area contributed by atoms with Crippen LogP contribution in [0.5, 0.6) is 0 Å². The zero-order chi connectivity index (χ0) is 14.7. The van der Waals surface area contributed by atoms with Gasteiger partial charge in [-0.25, -0.2) is 9.79 Å². The molecule has 1 aromatic rings. The summed E-state index contributed by atoms with van der Waals surface area (Å²) in [7, 11) is 3.71. The molecule has 0 atom stereocenters. The van der Waals surface area contributed by atoms with Crippen LogP contribution in [0.2, 0.25) is 0 Å². The molecule has 0 N–H and O–H groups in total. The van der Waals surface area contributed by atoms with Gasteiger partial charge in [-0.3, -0.25) is 0 Å². The van der Waals surface area contributed by atoms with E-state index in [4.69, 9.17) is 4.74 Å². The Kier molecular flexibility index (Phi) is 4.08. The molecular formula is C14H18N4O2. The van der Waals surface area contributed by atoms with E-state index in [1.165, 1.54) is 0 Å². The van der Waals surface area contributed by atoms with Crippen molar-refractivity contribution in [2.45, 2.75) is 26.3 Å². The maximum Gasteiger partial charge on any atom is 0.343 e. The summed E-state index contributed by atoms with van der Waals surface area (Å²) < 4.78 is 7.01. The first-order valence-corrected chi connectivity index (χ1v) is 6.63. The lowest BCUT2D eigenvalue weighted by Gasteiger charge is -2.07. The van der Waals surface area contributed by atoms with Crippen LogP contribution in [0.3, 0.4) is 0 Å². The number of nitriles is 1. The van der Waals surface area contributed by atoms with E-state index in [0.717, 1.165) is 25.1 Å². The Balaban J connectivity index is 2.58. The smallest absolute Gasteiger partial charge is 0.343 e. The summed E-state index contributed by atoms with van der Waals surface area (Å²) in [4.78, 5) is 18.3. The van der Waals surface area contributed by atoms with Gasteiger partial charge < -0.3 is 14.2 Å². The van der Waals surface area contributed by atoms with E-state index in [2.05, 4.69) is 11.1 Å². The summed E-state index contributed by atoms with van der Waals surface area (Å²) in [5.41, 5.74) is 1.59. The number of hydrogen-bond donors (Lipinski definition) is 0. The minimum Gasteiger partial charge on any atom is -0.462 e. The number of hydrogen-bond acceptors (Lipinski definition) is 4. The van der Waals surface area contributed by atoms with Gasteiger partial charge in [-0.05, 0) is 19.8 Å². The first kappa shape index (κ1) is 14.1. The highest BCUT2D eigenvalue weighted by atomic mass is 16.5. The van der Waals surface area contributed by atoms with Crippen LogP contribution in [0.25, 0.3) is 0 Å². The second kappa shape index (κ2) is 5.78. The van der Waals surface area contributed by atoms with Crippen molar-refractivity contribution in [3.05, 3.63) is 16.8 Å². The Labute approximate surface area is 118 Å². The van der Waals surface area contributed by atoms with E-state index in [9.17, 15) is 10.1 Å². The number of fused-ring (bicyclic) bond motifs is 1. The Morgan fingerprint density at radius 1 is 1.60 bits per heavy atom. The maximum atomic E-state index is 12.1. The van der Waals surface area contributed by atoms with Crippen LogP contribution in [-0.2, 0) is 17.7 Å². The normalized spacial score (nSPS) is 13.3. The number of carbonyl (C=O) groups excluding carboxylic acids is 1. The van der Waals surface area contributed by atoms with Crippen LogP contribution in [0, 0.1) is 11.3 Å². The summed E-state index contributed by atoms with van der Waals surface area (Å²) in [6, 6.07) is 2.13. The SMILES string of the molecule is CCOC(=O)c1c(C#N)c2n(c1N=CN(C)C)CCC2. The van der Waals surface area contributed by atoms with Crippen LogP contribution in [0.4, 0.5) is 5.82 Å². The third kappa shape index (κ3) is 2.39. The molecule has 1 aromatic heterocycles. The van der Waals surface area contributed by atoms with Crippen LogP contribution in [-0.4, -0.2) is 42.5 Å². The Morgan fingerprint density at radius 2 is 2.35 bits per heavy atom. The molecule has 0 radical (unpaired) electrons. The molecule has 0 unspecified atom stereocenters. The fourth-order valence-electron chi connectivity index (χ4n) is 2.38. The second-order valence-corrected chi connectivity index (χ2v) is 4.82. The number of rotatable bonds is 4. The van der Waals surface area contributed by atoms with E-state index >= 15 is 0 Å². The highest BCUT2D eigenvalue weighted by Gasteiger charge is 2.30. The van der Waals surface area contributed by atoms with Gasteiger partial charge in [0.05, 0.1) is 18.5 Å². The lowest BCUT2D eigenvalue weighted by Crippen LogP contribution is -2.09. The molecule has 0 spiro atoms. The second-order valence-electron chi connectivity index (χ2n) is 4.82. The topological polar surface area (TPSA) is 70.6 Å². The molecule has 106 valence electrons. The third-order valence-electron chi connectivity index (χ3n) is 3.14. The zero-order valence-electron chi connectivity index (χ0n) is 12.0. The van der Waals surface area contributed by atoms with Gasteiger partial charge in [0, 0.05) is 26.3 Å². The van der Waals surface area contributed by atoms with E-state index in [1.807, 2.05) is 18.7 Å². The van der Waals surface area contributed by atoms with Crippen molar-refractivity contribution in [2.75, 3.05) is 20.7 Å². The van der Waals surface area contributed by atoms with Gasteiger partial charge in [-0.2, -0.15) is 5.26 Å². The predicted molar refractivity (Wildman–Crippen MR) is 75.3 cm³/mol. The lowest BCUT2D eigenvalue weighted by atomic mass is 10.1. The molecule has 0 fully saturated rings. The number of nitrogens with zero attached hydrogens (tertiary/aromatic N) is 4. The molecule has 1 aliphatic heterocycles. The quantitative estimate of drug-likeness (QED) is 0.476. The van der Waals surface area contributed by atoms with Gasteiger partial charge in [0.2, 0.25) is 0 Å². The van der Waals surface area contributed by atoms with Crippen molar-refractivity contribution >= 4 is 18.1 Å².